The maximum absolute atomic E-state index is 12.7. The highest BCUT2D eigenvalue weighted by atomic mass is 16.2. The fourth-order valence-corrected chi connectivity index (χ4v) is 5.25. The SMILES string of the molecule is O=C(Nc1cccc2ncccc12)N1C[C@@H]2[C@@H]3CC[C@@H](C3)[C@@H]2C1. The van der Waals surface area contributed by atoms with Crippen molar-refractivity contribution >= 4 is 22.6 Å². The van der Waals surface area contributed by atoms with Gasteiger partial charge in [0.1, 0.15) is 0 Å². The van der Waals surface area contributed by atoms with Gasteiger partial charge < -0.3 is 10.2 Å². The van der Waals surface area contributed by atoms with Crippen LogP contribution in [-0.4, -0.2) is 29.0 Å². The van der Waals surface area contributed by atoms with Gasteiger partial charge in [-0.25, -0.2) is 4.79 Å². The molecule has 2 aliphatic carbocycles. The lowest BCUT2D eigenvalue weighted by Gasteiger charge is -2.22. The third-order valence-electron chi connectivity index (χ3n) is 6.31. The first-order valence-corrected chi connectivity index (χ1v) is 8.69. The van der Waals surface area contributed by atoms with Crippen molar-refractivity contribution in [2.45, 2.75) is 19.3 Å². The number of carbonyl (C=O) groups is 1. The van der Waals surface area contributed by atoms with Crippen molar-refractivity contribution in [1.82, 2.24) is 9.88 Å². The summed E-state index contributed by atoms with van der Waals surface area (Å²) in [4.78, 5) is 19.1. The molecule has 23 heavy (non-hydrogen) atoms. The van der Waals surface area contributed by atoms with Crippen LogP contribution < -0.4 is 5.32 Å². The summed E-state index contributed by atoms with van der Waals surface area (Å²) < 4.78 is 0. The summed E-state index contributed by atoms with van der Waals surface area (Å²) in [5, 5.41) is 4.12. The number of nitrogens with one attached hydrogen (secondary N) is 1. The molecule has 118 valence electrons. The number of rotatable bonds is 1. The van der Waals surface area contributed by atoms with E-state index in [1.54, 1.807) is 6.20 Å². The van der Waals surface area contributed by atoms with Crippen LogP contribution in [0.15, 0.2) is 36.5 Å². The smallest absolute Gasteiger partial charge is 0.321 e. The standard InChI is InChI=1S/C19H21N3O/c23-19(21-18-5-1-4-17-14(18)3-2-8-20-17)22-10-15-12-6-7-13(9-12)16(15)11-22/h1-5,8,12-13,15-16H,6-7,9-11H2,(H,21,23)/t12-,13+,15-,16+. The summed E-state index contributed by atoms with van der Waals surface area (Å²) in [6, 6.07) is 9.86. The van der Waals surface area contributed by atoms with Crippen LogP contribution in [-0.2, 0) is 0 Å². The molecule has 2 aromatic rings. The first-order valence-electron chi connectivity index (χ1n) is 8.69. The van der Waals surface area contributed by atoms with E-state index in [0.29, 0.717) is 0 Å². The van der Waals surface area contributed by atoms with E-state index in [9.17, 15) is 4.79 Å². The quantitative estimate of drug-likeness (QED) is 0.872. The van der Waals surface area contributed by atoms with Crippen molar-refractivity contribution in [3.8, 4) is 0 Å². The summed E-state index contributed by atoms with van der Waals surface area (Å²) in [6.45, 7) is 1.89. The molecule has 2 amide bonds. The van der Waals surface area contributed by atoms with Gasteiger partial charge in [-0.05, 0) is 67.2 Å². The van der Waals surface area contributed by atoms with Gasteiger partial charge in [-0.1, -0.05) is 6.07 Å². The minimum absolute atomic E-state index is 0.0511. The van der Waals surface area contributed by atoms with E-state index in [1.165, 1.54) is 19.3 Å². The maximum atomic E-state index is 12.7. The molecule has 2 saturated carbocycles. The Bertz CT molecular complexity index is 751. The Kier molecular flexibility index (Phi) is 2.87. The fourth-order valence-electron chi connectivity index (χ4n) is 5.25. The van der Waals surface area contributed by atoms with E-state index in [2.05, 4.69) is 10.3 Å². The number of hydrogen-bond donors (Lipinski definition) is 1. The summed E-state index contributed by atoms with van der Waals surface area (Å²) >= 11 is 0. The monoisotopic (exact) mass is 307 g/mol. The third kappa shape index (κ3) is 2.04. The summed E-state index contributed by atoms with van der Waals surface area (Å²) in [6.07, 6.45) is 5.97. The van der Waals surface area contributed by atoms with E-state index in [0.717, 1.165) is 53.4 Å². The first kappa shape index (κ1) is 13.3. The first-order chi connectivity index (χ1) is 11.3. The molecule has 1 aromatic carbocycles. The highest BCUT2D eigenvalue weighted by Gasteiger charge is 2.52. The number of aromatic nitrogens is 1. The molecule has 4 atom stereocenters. The van der Waals surface area contributed by atoms with E-state index in [4.69, 9.17) is 0 Å². The van der Waals surface area contributed by atoms with Gasteiger partial charge in [-0.3, -0.25) is 4.98 Å². The number of anilines is 1. The maximum Gasteiger partial charge on any atom is 0.321 e. The molecule has 1 N–H and O–H groups in total. The van der Waals surface area contributed by atoms with Crippen LogP contribution in [0.25, 0.3) is 10.9 Å². The number of nitrogens with zero attached hydrogens (tertiary/aromatic N) is 2. The second-order valence-electron chi connectivity index (χ2n) is 7.37. The number of pyridine rings is 1. The fraction of sp³-hybridized carbons (Fsp3) is 0.474. The minimum atomic E-state index is 0.0511. The van der Waals surface area contributed by atoms with Gasteiger partial charge in [0, 0.05) is 24.7 Å². The van der Waals surface area contributed by atoms with Gasteiger partial charge in [0.2, 0.25) is 0 Å². The Morgan fingerprint density at radius 2 is 1.87 bits per heavy atom. The largest absolute Gasteiger partial charge is 0.324 e. The van der Waals surface area contributed by atoms with Crippen molar-refractivity contribution < 1.29 is 4.79 Å². The number of benzene rings is 1. The molecule has 2 bridgehead atoms. The molecule has 0 spiro atoms. The number of likely N-dealkylation sites (tertiary alicyclic amines) is 1. The number of urea groups is 1. The Morgan fingerprint density at radius 3 is 2.65 bits per heavy atom. The molecule has 2 heterocycles. The van der Waals surface area contributed by atoms with Gasteiger partial charge in [0.05, 0.1) is 11.2 Å². The Balaban J connectivity index is 1.36. The van der Waals surface area contributed by atoms with Gasteiger partial charge in [-0.15, -0.1) is 0 Å². The Labute approximate surface area is 135 Å². The van der Waals surface area contributed by atoms with Gasteiger partial charge >= 0.3 is 6.03 Å². The van der Waals surface area contributed by atoms with Crippen molar-refractivity contribution in [1.29, 1.82) is 0 Å². The van der Waals surface area contributed by atoms with Crippen LogP contribution in [0.4, 0.5) is 10.5 Å². The van der Waals surface area contributed by atoms with Crippen molar-refractivity contribution in [3.05, 3.63) is 36.5 Å². The topological polar surface area (TPSA) is 45.2 Å². The molecule has 5 rings (SSSR count). The molecule has 4 nitrogen and oxygen atoms in total. The zero-order valence-electron chi connectivity index (χ0n) is 13.1. The van der Waals surface area contributed by atoms with Crippen LogP contribution in [0.1, 0.15) is 19.3 Å². The van der Waals surface area contributed by atoms with E-state index in [-0.39, 0.29) is 6.03 Å². The van der Waals surface area contributed by atoms with Crippen LogP contribution in [0.5, 0.6) is 0 Å². The summed E-state index contributed by atoms with van der Waals surface area (Å²) in [5.74, 6) is 3.27. The lowest BCUT2D eigenvalue weighted by atomic mass is 9.82. The molecule has 4 heteroatoms. The summed E-state index contributed by atoms with van der Waals surface area (Å²) in [7, 11) is 0. The zero-order chi connectivity index (χ0) is 15.4. The van der Waals surface area contributed by atoms with Crippen LogP contribution in [0, 0.1) is 23.7 Å². The Morgan fingerprint density at radius 1 is 1.09 bits per heavy atom. The molecule has 0 radical (unpaired) electrons. The molecule has 1 aliphatic heterocycles. The average Bonchev–Trinajstić information content (AvgIpc) is 3.28. The predicted octanol–water partition coefficient (Wildman–Crippen LogP) is 3.74. The second kappa shape index (κ2) is 4.95. The van der Waals surface area contributed by atoms with Crippen molar-refractivity contribution in [3.63, 3.8) is 0 Å². The molecule has 1 aromatic heterocycles. The second-order valence-corrected chi connectivity index (χ2v) is 7.37. The minimum Gasteiger partial charge on any atom is -0.324 e. The highest BCUT2D eigenvalue weighted by Crippen LogP contribution is 2.55. The molecule has 3 aliphatic rings. The molecule has 0 unspecified atom stereocenters. The van der Waals surface area contributed by atoms with Crippen LogP contribution in [0.3, 0.4) is 0 Å². The lowest BCUT2D eigenvalue weighted by molar-refractivity contribution is 0.217. The highest BCUT2D eigenvalue weighted by molar-refractivity contribution is 6.00. The normalized spacial score (nSPS) is 31.6. The van der Waals surface area contributed by atoms with E-state index >= 15 is 0 Å². The van der Waals surface area contributed by atoms with E-state index < -0.39 is 0 Å². The zero-order valence-corrected chi connectivity index (χ0v) is 13.1. The van der Waals surface area contributed by atoms with Crippen molar-refractivity contribution in [2.75, 3.05) is 18.4 Å². The average molecular weight is 307 g/mol. The molecule has 3 fully saturated rings. The number of amides is 2. The van der Waals surface area contributed by atoms with Gasteiger partial charge in [0.25, 0.3) is 0 Å². The number of hydrogen-bond acceptors (Lipinski definition) is 2. The number of carbonyl (C=O) groups excluding carboxylic acids is 1. The van der Waals surface area contributed by atoms with Crippen LogP contribution in [0.2, 0.25) is 0 Å². The molecular weight excluding hydrogens is 286 g/mol. The van der Waals surface area contributed by atoms with Crippen molar-refractivity contribution in [2.24, 2.45) is 23.7 Å². The van der Waals surface area contributed by atoms with Gasteiger partial charge in [0.15, 0.2) is 0 Å². The number of fused-ring (bicyclic) bond motifs is 6. The van der Waals surface area contributed by atoms with Crippen LogP contribution >= 0.6 is 0 Å². The molecule has 1 saturated heterocycles. The lowest BCUT2D eigenvalue weighted by Crippen LogP contribution is -2.34. The van der Waals surface area contributed by atoms with Gasteiger partial charge in [-0.2, -0.15) is 0 Å². The predicted molar refractivity (Wildman–Crippen MR) is 90.1 cm³/mol. The Hall–Kier alpha value is -2.10. The van der Waals surface area contributed by atoms with E-state index in [1.807, 2.05) is 35.2 Å². The summed E-state index contributed by atoms with van der Waals surface area (Å²) in [5.41, 5.74) is 1.78. The molecular formula is C19H21N3O. The third-order valence-corrected chi connectivity index (χ3v) is 6.31.